The zero-order valence-corrected chi connectivity index (χ0v) is 17.7. The molecule has 5 aliphatic rings. The lowest BCUT2D eigenvalue weighted by Crippen LogP contribution is -2.71. The minimum atomic E-state index is -0.443. The van der Waals surface area contributed by atoms with Gasteiger partial charge in [0.15, 0.2) is 0 Å². The lowest BCUT2D eigenvalue weighted by atomic mass is 9.46. The van der Waals surface area contributed by atoms with E-state index in [0.717, 1.165) is 48.6 Å². The van der Waals surface area contributed by atoms with Gasteiger partial charge in [-0.1, -0.05) is 24.3 Å². The van der Waals surface area contributed by atoms with Crippen molar-refractivity contribution in [2.24, 2.45) is 34.3 Å². The molecule has 5 nitrogen and oxygen atoms in total. The average molecular weight is 404 g/mol. The summed E-state index contributed by atoms with van der Waals surface area (Å²) in [6, 6.07) is 10.6. The molecule has 2 aromatic rings. The molecule has 1 saturated heterocycles. The number of amides is 2. The largest absolute Gasteiger partial charge is 0.369 e. The van der Waals surface area contributed by atoms with Gasteiger partial charge in [0.05, 0.1) is 17.0 Å². The summed E-state index contributed by atoms with van der Waals surface area (Å²) in [5, 5.41) is 1.11. The zero-order chi connectivity index (χ0) is 20.8. The number of nitrogens with two attached hydrogens (primary N) is 1. The highest BCUT2D eigenvalue weighted by Gasteiger charge is 2.65. The predicted octanol–water partition coefficient (Wildman–Crippen LogP) is 3.82. The number of rotatable bonds is 3. The fourth-order valence-electron chi connectivity index (χ4n) is 7.80. The molecule has 1 aliphatic heterocycles. The van der Waals surface area contributed by atoms with Crippen LogP contribution < -0.4 is 5.73 Å². The Morgan fingerprint density at radius 1 is 1.10 bits per heavy atom. The van der Waals surface area contributed by atoms with E-state index in [1.165, 1.54) is 0 Å². The van der Waals surface area contributed by atoms with E-state index in [-0.39, 0.29) is 29.3 Å². The molecule has 5 fully saturated rings. The Balaban J connectivity index is 1.42. The number of hydrogen-bond acceptors (Lipinski definition) is 3. The first-order valence-electron chi connectivity index (χ1n) is 11.3. The van der Waals surface area contributed by atoms with Gasteiger partial charge in [-0.15, -0.1) is 0 Å². The molecular weight excluding hydrogens is 374 g/mol. The van der Waals surface area contributed by atoms with Crippen LogP contribution in [0.1, 0.15) is 57.6 Å². The zero-order valence-electron chi connectivity index (χ0n) is 17.7. The van der Waals surface area contributed by atoms with Gasteiger partial charge >= 0.3 is 0 Å². The van der Waals surface area contributed by atoms with Gasteiger partial charge in [0, 0.05) is 28.6 Å². The molecule has 30 heavy (non-hydrogen) atoms. The topological polar surface area (TPSA) is 76.3 Å². The number of β-lactam (4-membered cyclic amide) rings is 1. The van der Waals surface area contributed by atoms with E-state index in [1.54, 1.807) is 0 Å². The maximum atomic E-state index is 13.5. The van der Waals surface area contributed by atoms with E-state index < -0.39 is 5.41 Å². The third kappa shape index (κ3) is 2.21. The summed E-state index contributed by atoms with van der Waals surface area (Å²) in [6.45, 7) is 4.14. The first-order chi connectivity index (χ1) is 14.3. The van der Waals surface area contributed by atoms with Gasteiger partial charge in [-0.2, -0.15) is 0 Å². The fourth-order valence-corrected chi connectivity index (χ4v) is 7.80. The van der Waals surface area contributed by atoms with Crippen molar-refractivity contribution in [1.82, 2.24) is 9.88 Å². The molecule has 156 valence electrons. The van der Waals surface area contributed by atoms with Crippen molar-refractivity contribution in [3.63, 3.8) is 0 Å². The van der Waals surface area contributed by atoms with Crippen LogP contribution in [-0.4, -0.2) is 27.7 Å². The highest BCUT2D eigenvalue weighted by atomic mass is 16.2. The molecule has 5 heteroatoms. The Morgan fingerprint density at radius 3 is 2.50 bits per heavy atom. The summed E-state index contributed by atoms with van der Waals surface area (Å²) in [5.74, 6) is 1.48. The van der Waals surface area contributed by atoms with E-state index >= 15 is 0 Å². The molecule has 3 unspecified atom stereocenters. The smallest absolute Gasteiger partial charge is 0.231 e. The first-order valence-corrected chi connectivity index (χ1v) is 11.3. The molecule has 2 amide bonds. The van der Waals surface area contributed by atoms with Crippen molar-refractivity contribution >= 4 is 22.7 Å². The van der Waals surface area contributed by atoms with Crippen molar-refractivity contribution in [3.8, 4) is 0 Å². The van der Waals surface area contributed by atoms with E-state index in [4.69, 9.17) is 5.73 Å². The third-order valence-electron chi connectivity index (χ3n) is 8.77. The molecule has 2 N–H and O–H groups in total. The second kappa shape index (κ2) is 5.83. The summed E-state index contributed by atoms with van der Waals surface area (Å²) in [7, 11) is 0. The van der Waals surface area contributed by atoms with Gasteiger partial charge < -0.3 is 10.6 Å². The summed E-state index contributed by atoms with van der Waals surface area (Å²) in [6.07, 6.45) is 6.75. The quantitative estimate of drug-likeness (QED) is 0.792. The van der Waals surface area contributed by atoms with Crippen LogP contribution >= 0.6 is 0 Å². The van der Waals surface area contributed by atoms with Gasteiger partial charge in [-0.3, -0.25) is 14.6 Å². The Hall–Kier alpha value is -2.43. The lowest BCUT2D eigenvalue weighted by Gasteiger charge is -2.66. The molecular formula is C25H29N3O2. The maximum absolute atomic E-state index is 13.5. The molecule has 4 aliphatic carbocycles. The van der Waals surface area contributed by atoms with Crippen molar-refractivity contribution in [3.05, 3.63) is 42.1 Å². The number of benzene rings is 1. The summed E-state index contributed by atoms with van der Waals surface area (Å²) >= 11 is 0. The van der Waals surface area contributed by atoms with Crippen molar-refractivity contribution in [1.29, 1.82) is 0 Å². The number of likely N-dealkylation sites (tertiary alicyclic amines) is 1. The monoisotopic (exact) mass is 403 g/mol. The number of carbonyl (C=O) groups excluding carboxylic acids is 2. The van der Waals surface area contributed by atoms with Crippen LogP contribution in [0.25, 0.3) is 10.9 Å². The van der Waals surface area contributed by atoms with Crippen molar-refractivity contribution in [2.45, 2.75) is 58.0 Å². The van der Waals surface area contributed by atoms with Gasteiger partial charge in [-0.05, 0) is 69.8 Å². The Bertz CT molecular complexity index is 1060. The molecule has 6 atom stereocenters. The molecule has 7 rings (SSSR count). The number of fused-ring (bicyclic) bond motifs is 1. The predicted molar refractivity (Wildman–Crippen MR) is 114 cm³/mol. The highest BCUT2D eigenvalue weighted by molar-refractivity contribution is 5.93. The van der Waals surface area contributed by atoms with E-state index in [1.807, 2.05) is 12.3 Å². The van der Waals surface area contributed by atoms with E-state index in [2.05, 4.69) is 48.0 Å². The number of nitrogens with zero attached hydrogens (tertiary/aromatic N) is 2. The number of pyridine rings is 1. The van der Waals surface area contributed by atoms with Crippen molar-refractivity contribution in [2.75, 3.05) is 0 Å². The molecule has 4 saturated carbocycles. The first kappa shape index (κ1) is 18.3. The van der Waals surface area contributed by atoms with Crippen LogP contribution in [0, 0.1) is 28.6 Å². The van der Waals surface area contributed by atoms with Crippen LogP contribution in [0.5, 0.6) is 0 Å². The van der Waals surface area contributed by atoms with Gasteiger partial charge in [0.1, 0.15) is 0 Å². The molecule has 0 spiro atoms. The van der Waals surface area contributed by atoms with Crippen LogP contribution in [0.4, 0.5) is 0 Å². The van der Waals surface area contributed by atoms with Crippen LogP contribution in [-0.2, 0) is 9.59 Å². The number of carbonyl (C=O) groups is 2. The lowest BCUT2D eigenvalue weighted by molar-refractivity contribution is -0.198. The molecule has 4 bridgehead atoms. The molecule has 2 heterocycles. The minimum absolute atomic E-state index is 0.0238. The second-order valence-electron chi connectivity index (χ2n) is 10.9. The van der Waals surface area contributed by atoms with E-state index in [9.17, 15) is 9.59 Å². The maximum Gasteiger partial charge on any atom is 0.231 e. The SMILES string of the molecule is CC1(C)C(=O)N([C@@H]2C3CC4C[C@H]2C[C@@](C(N)=O)(C4)C3)C1c1cccc2cccnc12. The number of aromatic nitrogens is 1. The van der Waals surface area contributed by atoms with Crippen molar-refractivity contribution < 1.29 is 9.59 Å². The number of para-hydroxylation sites is 1. The number of hydrogen-bond donors (Lipinski definition) is 1. The Morgan fingerprint density at radius 2 is 1.80 bits per heavy atom. The molecule has 1 aromatic heterocycles. The van der Waals surface area contributed by atoms with Crippen LogP contribution in [0.3, 0.4) is 0 Å². The van der Waals surface area contributed by atoms with Crippen LogP contribution in [0.15, 0.2) is 36.5 Å². The normalized spacial score (nSPS) is 38.7. The second-order valence-corrected chi connectivity index (χ2v) is 10.9. The van der Waals surface area contributed by atoms with Gasteiger partial charge in [-0.25, -0.2) is 0 Å². The molecule has 0 radical (unpaired) electrons. The minimum Gasteiger partial charge on any atom is -0.369 e. The summed E-state index contributed by atoms with van der Waals surface area (Å²) in [5.41, 5.74) is 7.26. The standard InChI is InChI=1S/C25H29N3O2/c1-24(2)21(18-7-3-5-15-6-4-8-27-19(15)18)28(23(24)30)20-16-9-14-10-17(20)13-25(11-14,12-16)22(26)29/h3-8,14,16-17,20-21H,9-13H2,1-2H3,(H2,26,29)/t14?,16-,17?,20-,21?,25-/m0/s1. The summed E-state index contributed by atoms with van der Waals surface area (Å²) < 4.78 is 0. The Labute approximate surface area is 177 Å². The molecule has 1 aromatic carbocycles. The fraction of sp³-hybridized carbons (Fsp3) is 0.560. The number of primary amides is 1. The van der Waals surface area contributed by atoms with Gasteiger partial charge in [0.25, 0.3) is 0 Å². The van der Waals surface area contributed by atoms with E-state index in [0.29, 0.717) is 17.8 Å². The van der Waals surface area contributed by atoms with Crippen LogP contribution in [0.2, 0.25) is 0 Å². The highest BCUT2D eigenvalue weighted by Crippen LogP contribution is 2.64. The average Bonchev–Trinajstić information content (AvgIpc) is 2.71. The Kier molecular flexibility index (Phi) is 3.57. The summed E-state index contributed by atoms with van der Waals surface area (Å²) in [4.78, 5) is 32.7. The third-order valence-corrected chi connectivity index (χ3v) is 8.77. The van der Waals surface area contributed by atoms with Gasteiger partial charge in [0.2, 0.25) is 11.8 Å².